The topological polar surface area (TPSA) is 185 Å². The van der Waals surface area contributed by atoms with Gasteiger partial charge in [-0.3, -0.25) is 0 Å². The van der Waals surface area contributed by atoms with E-state index >= 15 is 0 Å². The van der Waals surface area contributed by atoms with Crippen molar-refractivity contribution < 1.29 is 80.6 Å². The Labute approximate surface area is 309 Å². The highest BCUT2D eigenvalue weighted by molar-refractivity contribution is 5.70. The van der Waals surface area contributed by atoms with Gasteiger partial charge in [-0.15, -0.1) is 0 Å². The zero-order chi connectivity index (χ0) is 38.1. The zero-order valence-corrected chi connectivity index (χ0v) is 32.0. The van der Waals surface area contributed by atoms with Crippen LogP contribution < -0.4 is 5.32 Å². The van der Waals surface area contributed by atoms with Crippen molar-refractivity contribution in [2.75, 3.05) is 185 Å². The average Bonchev–Trinajstić information content (AvgIpc) is 3.11. The molecule has 0 aliphatic heterocycles. The first-order chi connectivity index (χ1) is 25.3. The van der Waals surface area contributed by atoms with Crippen molar-refractivity contribution in [3.8, 4) is 0 Å². The Bertz CT molecular complexity index is 760. The molecule has 1 N–H and O–H groups in total. The lowest BCUT2D eigenvalue weighted by molar-refractivity contribution is -0.146. The second kappa shape index (κ2) is 40.4. The third-order valence-corrected chi connectivity index (χ3v) is 5.83. The predicted molar refractivity (Wildman–Crippen MR) is 187 cm³/mol. The Morgan fingerprint density at radius 1 is 0.385 bits per heavy atom. The summed E-state index contributed by atoms with van der Waals surface area (Å²) in [6.45, 7) is 17.2. The molecule has 0 saturated carbocycles. The van der Waals surface area contributed by atoms with E-state index in [9.17, 15) is 9.59 Å². The Kier molecular flexibility index (Phi) is 39.0. The molecule has 0 fully saturated rings. The number of rotatable bonds is 41. The minimum Gasteiger partial charge on any atom is -0.467 e. The summed E-state index contributed by atoms with van der Waals surface area (Å²) in [6, 6.07) is 0. The monoisotopic (exact) mass is 761 g/mol. The van der Waals surface area contributed by atoms with Gasteiger partial charge in [0.15, 0.2) is 0 Å². The number of carbonyl (C=O) groups excluding carboxylic acids is 2. The molecule has 0 unspecified atom stereocenters. The lowest BCUT2D eigenvalue weighted by Crippen LogP contribution is -2.34. The molecule has 18 nitrogen and oxygen atoms in total. The predicted octanol–water partition coefficient (Wildman–Crippen LogP) is 0.900. The first-order valence-corrected chi connectivity index (χ1v) is 17.9. The van der Waals surface area contributed by atoms with Gasteiger partial charge in [-0.05, 0) is 20.8 Å². The van der Waals surface area contributed by atoms with Crippen LogP contribution in [0.1, 0.15) is 20.8 Å². The molecular formula is C34H67NO17. The van der Waals surface area contributed by atoms with E-state index < -0.39 is 17.7 Å². The summed E-state index contributed by atoms with van der Waals surface area (Å²) in [5, 5.41) is 2.63. The molecule has 0 heterocycles. The van der Waals surface area contributed by atoms with E-state index in [0.29, 0.717) is 172 Å². The van der Waals surface area contributed by atoms with E-state index in [0.717, 1.165) is 0 Å². The standard InChI is InChI=1S/C34H67NO17/c1-34(2,3)52-33(37)35-5-6-39-7-8-40-9-10-41-11-12-42-13-14-43-15-16-44-17-18-45-19-20-46-21-22-47-23-24-48-25-26-49-27-28-50-29-30-51-31-32(36)38-4/h5-31H2,1-4H3,(H,35,37). The van der Waals surface area contributed by atoms with Crippen molar-refractivity contribution in [3.05, 3.63) is 0 Å². The van der Waals surface area contributed by atoms with Crippen LogP contribution in [0, 0.1) is 0 Å². The molecule has 0 atom stereocenters. The van der Waals surface area contributed by atoms with E-state index in [-0.39, 0.29) is 6.61 Å². The number of esters is 1. The number of methoxy groups -OCH3 is 1. The molecule has 0 aromatic carbocycles. The van der Waals surface area contributed by atoms with Gasteiger partial charge in [0, 0.05) is 6.54 Å². The zero-order valence-electron chi connectivity index (χ0n) is 32.0. The molecule has 0 bridgehead atoms. The van der Waals surface area contributed by atoms with Crippen molar-refractivity contribution in [2.24, 2.45) is 0 Å². The van der Waals surface area contributed by atoms with Gasteiger partial charge in [-0.2, -0.15) is 0 Å². The van der Waals surface area contributed by atoms with Crippen LogP contribution in [-0.4, -0.2) is 203 Å². The molecule has 18 heteroatoms. The van der Waals surface area contributed by atoms with E-state index in [1.165, 1.54) is 7.11 Å². The maximum atomic E-state index is 11.5. The number of amides is 1. The summed E-state index contributed by atoms with van der Waals surface area (Å²) in [6.07, 6.45) is -0.457. The number of hydrogen-bond acceptors (Lipinski definition) is 17. The van der Waals surface area contributed by atoms with Crippen molar-refractivity contribution >= 4 is 12.1 Å². The van der Waals surface area contributed by atoms with Crippen molar-refractivity contribution in [1.82, 2.24) is 5.32 Å². The number of hydrogen-bond donors (Lipinski definition) is 1. The third-order valence-electron chi connectivity index (χ3n) is 5.83. The fraction of sp³-hybridized carbons (Fsp3) is 0.941. The number of ether oxygens (including phenoxy) is 15. The Morgan fingerprint density at radius 3 is 0.846 bits per heavy atom. The Morgan fingerprint density at radius 2 is 0.615 bits per heavy atom. The van der Waals surface area contributed by atoms with Crippen LogP contribution in [-0.2, 0) is 75.8 Å². The summed E-state index contributed by atoms with van der Waals surface area (Å²) in [4.78, 5) is 22.4. The molecule has 0 rings (SSSR count). The first-order valence-electron chi connectivity index (χ1n) is 17.9. The molecular weight excluding hydrogens is 694 g/mol. The minimum absolute atomic E-state index is 0.0756. The highest BCUT2D eigenvalue weighted by atomic mass is 16.6. The van der Waals surface area contributed by atoms with Gasteiger partial charge in [0.25, 0.3) is 0 Å². The van der Waals surface area contributed by atoms with E-state index in [2.05, 4.69) is 10.1 Å². The molecule has 0 aliphatic carbocycles. The minimum atomic E-state index is -0.516. The van der Waals surface area contributed by atoms with Crippen LogP contribution in [0.15, 0.2) is 0 Å². The van der Waals surface area contributed by atoms with Gasteiger partial charge >= 0.3 is 12.1 Å². The van der Waals surface area contributed by atoms with Gasteiger partial charge in [0.2, 0.25) is 0 Å². The van der Waals surface area contributed by atoms with Gasteiger partial charge in [-0.1, -0.05) is 0 Å². The Balaban J connectivity index is 3.10. The molecule has 1 amide bonds. The van der Waals surface area contributed by atoms with Crippen LogP contribution in [0.3, 0.4) is 0 Å². The molecule has 0 saturated heterocycles. The number of alkyl carbamates (subject to hydrolysis) is 1. The maximum Gasteiger partial charge on any atom is 0.407 e. The lowest BCUT2D eigenvalue weighted by atomic mass is 10.2. The number of nitrogens with one attached hydrogen (secondary N) is 1. The lowest BCUT2D eigenvalue weighted by Gasteiger charge is -2.19. The van der Waals surface area contributed by atoms with Gasteiger partial charge in [0.05, 0.1) is 172 Å². The molecule has 52 heavy (non-hydrogen) atoms. The fourth-order valence-electron chi connectivity index (χ4n) is 3.39. The quantitative estimate of drug-likeness (QED) is 0.0684. The average molecular weight is 762 g/mol. The molecule has 310 valence electrons. The Hall–Kier alpha value is -1.78. The highest BCUT2D eigenvalue weighted by Gasteiger charge is 2.15. The molecule has 0 aromatic heterocycles. The van der Waals surface area contributed by atoms with E-state index in [4.69, 9.17) is 66.3 Å². The van der Waals surface area contributed by atoms with Crippen LogP contribution in [0.25, 0.3) is 0 Å². The van der Waals surface area contributed by atoms with E-state index in [1.54, 1.807) is 0 Å². The van der Waals surface area contributed by atoms with Crippen molar-refractivity contribution in [2.45, 2.75) is 26.4 Å². The maximum absolute atomic E-state index is 11.5. The molecule has 0 radical (unpaired) electrons. The van der Waals surface area contributed by atoms with Gasteiger partial charge in [0.1, 0.15) is 12.2 Å². The number of carbonyl (C=O) groups is 2. The fourth-order valence-corrected chi connectivity index (χ4v) is 3.39. The van der Waals surface area contributed by atoms with E-state index in [1.807, 2.05) is 20.8 Å². The molecule has 0 aromatic rings. The van der Waals surface area contributed by atoms with Gasteiger partial charge in [-0.25, -0.2) is 9.59 Å². The van der Waals surface area contributed by atoms with Crippen LogP contribution >= 0.6 is 0 Å². The summed E-state index contributed by atoms with van der Waals surface area (Å²) >= 11 is 0. The normalized spacial score (nSPS) is 11.6. The van der Waals surface area contributed by atoms with Crippen LogP contribution in [0.5, 0.6) is 0 Å². The van der Waals surface area contributed by atoms with Crippen molar-refractivity contribution in [1.29, 1.82) is 0 Å². The third kappa shape index (κ3) is 44.4. The second-order valence-electron chi connectivity index (χ2n) is 11.4. The SMILES string of the molecule is COC(=O)COCCOCCOCCOCCOCCOCCOCCOCCOCCOCCOCCOCCOCCNC(=O)OC(C)(C)C. The summed E-state index contributed by atoms with van der Waals surface area (Å²) in [5.74, 6) is -0.412. The largest absolute Gasteiger partial charge is 0.467 e. The second-order valence-corrected chi connectivity index (χ2v) is 11.4. The smallest absolute Gasteiger partial charge is 0.407 e. The van der Waals surface area contributed by atoms with Gasteiger partial charge < -0.3 is 76.4 Å². The summed E-state index contributed by atoms with van der Waals surface area (Å²) < 4.78 is 79.9. The highest BCUT2D eigenvalue weighted by Crippen LogP contribution is 2.06. The molecule has 0 aliphatic rings. The van der Waals surface area contributed by atoms with Crippen LogP contribution in [0.4, 0.5) is 4.79 Å². The summed E-state index contributed by atoms with van der Waals surface area (Å²) in [5.41, 5.74) is -0.516. The van der Waals surface area contributed by atoms with Crippen molar-refractivity contribution in [3.63, 3.8) is 0 Å². The first kappa shape index (κ1) is 50.2. The molecule has 0 spiro atoms. The van der Waals surface area contributed by atoms with Crippen LogP contribution in [0.2, 0.25) is 0 Å². The summed E-state index contributed by atoms with van der Waals surface area (Å²) in [7, 11) is 1.31.